The average Bonchev–Trinajstić information content (AvgIpc) is 2.20. The van der Waals surface area contributed by atoms with E-state index in [0.29, 0.717) is 19.3 Å². The van der Waals surface area contributed by atoms with Crippen molar-refractivity contribution in [1.82, 2.24) is 9.55 Å². The molecule has 0 amide bonds. The lowest BCUT2D eigenvalue weighted by Crippen LogP contribution is -2.29. The predicted octanol–water partition coefficient (Wildman–Crippen LogP) is -0.113. The Labute approximate surface area is 96.3 Å². The molecule has 17 heavy (non-hydrogen) atoms. The SMILES string of the molecule is O=C(O)CCCCCn1c(O)cc(=O)[nH]c1=O. The van der Waals surface area contributed by atoms with Crippen molar-refractivity contribution in [2.45, 2.75) is 32.2 Å². The normalized spacial score (nSPS) is 10.4. The zero-order chi connectivity index (χ0) is 12.8. The van der Waals surface area contributed by atoms with Crippen LogP contribution in [0.2, 0.25) is 0 Å². The molecule has 0 spiro atoms. The molecule has 1 aromatic heterocycles. The highest BCUT2D eigenvalue weighted by atomic mass is 16.4. The molecule has 1 rings (SSSR count). The van der Waals surface area contributed by atoms with Gasteiger partial charge in [-0.15, -0.1) is 0 Å². The molecule has 0 aromatic carbocycles. The highest BCUT2D eigenvalue weighted by Gasteiger charge is 2.04. The predicted molar refractivity (Wildman–Crippen MR) is 59.1 cm³/mol. The fourth-order valence-corrected chi connectivity index (χ4v) is 1.45. The zero-order valence-electron chi connectivity index (χ0n) is 9.18. The number of carboxylic acids is 1. The summed E-state index contributed by atoms with van der Waals surface area (Å²) in [6.45, 7) is 0.251. The van der Waals surface area contributed by atoms with Gasteiger partial charge in [0, 0.05) is 13.0 Å². The minimum atomic E-state index is -0.853. The van der Waals surface area contributed by atoms with Gasteiger partial charge in [0.25, 0.3) is 5.56 Å². The summed E-state index contributed by atoms with van der Waals surface area (Å²) in [6.07, 6.45) is 1.81. The molecule has 7 heteroatoms. The maximum atomic E-state index is 11.3. The van der Waals surface area contributed by atoms with E-state index in [0.717, 1.165) is 10.6 Å². The molecule has 0 saturated carbocycles. The Balaban J connectivity index is 2.50. The third kappa shape index (κ3) is 4.13. The van der Waals surface area contributed by atoms with Gasteiger partial charge in [-0.3, -0.25) is 19.1 Å². The van der Waals surface area contributed by atoms with E-state index in [9.17, 15) is 19.5 Å². The van der Waals surface area contributed by atoms with Crippen LogP contribution in [0.5, 0.6) is 5.88 Å². The molecule has 0 aliphatic carbocycles. The quantitative estimate of drug-likeness (QED) is 0.602. The van der Waals surface area contributed by atoms with E-state index in [4.69, 9.17) is 5.11 Å². The van der Waals surface area contributed by atoms with Gasteiger partial charge in [0.1, 0.15) is 0 Å². The Morgan fingerprint density at radius 3 is 2.59 bits per heavy atom. The van der Waals surface area contributed by atoms with E-state index in [1.165, 1.54) is 0 Å². The van der Waals surface area contributed by atoms with Crippen LogP contribution in [0.1, 0.15) is 25.7 Å². The average molecular weight is 242 g/mol. The van der Waals surface area contributed by atoms with Crippen molar-refractivity contribution in [1.29, 1.82) is 0 Å². The van der Waals surface area contributed by atoms with Crippen molar-refractivity contribution < 1.29 is 15.0 Å². The fourth-order valence-electron chi connectivity index (χ4n) is 1.45. The molecule has 0 bridgehead atoms. The third-order valence-electron chi connectivity index (χ3n) is 2.28. The fraction of sp³-hybridized carbons (Fsp3) is 0.500. The molecule has 0 fully saturated rings. The van der Waals surface area contributed by atoms with Crippen LogP contribution in [0, 0.1) is 0 Å². The van der Waals surface area contributed by atoms with Crippen molar-refractivity contribution >= 4 is 5.97 Å². The maximum absolute atomic E-state index is 11.3. The summed E-state index contributed by atoms with van der Waals surface area (Å²) in [5, 5.41) is 17.8. The molecule has 0 aliphatic heterocycles. The van der Waals surface area contributed by atoms with Crippen LogP contribution >= 0.6 is 0 Å². The lowest BCUT2D eigenvalue weighted by molar-refractivity contribution is -0.137. The van der Waals surface area contributed by atoms with Crippen LogP contribution in [-0.2, 0) is 11.3 Å². The summed E-state index contributed by atoms with van der Waals surface area (Å²) < 4.78 is 1.04. The van der Waals surface area contributed by atoms with Gasteiger partial charge in [-0.05, 0) is 12.8 Å². The first-order valence-electron chi connectivity index (χ1n) is 5.25. The van der Waals surface area contributed by atoms with Crippen molar-refractivity contribution in [2.75, 3.05) is 0 Å². The van der Waals surface area contributed by atoms with Gasteiger partial charge in [-0.1, -0.05) is 6.42 Å². The lowest BCUT2D eigenvalue weighted by Gasteiger charge is -2.06. The molecule has 0 saturated heterocycles. The summed E-state index contributed by atoms with van der Waals surface area (Å²) in [6, 6.07) is 0.929. The smallest absolute Gasteiger partial charge is 0.331 e. The van der Waals surface area contributed by atoms with E-state index >= 15 is 0 Å². The first kappa shape index (κ1) is 13.0. The van der Waals surface area contributed by atoms with Crippen molar-refractivity contribution in [3.63, 3.8) is 0 Å². The number of aromatic nitrogens is 2. The van der Waals surface area contributed by atoms with Crippen molar-refractivity contribution in [3.05, 3.63) is 26.9 Å². The highest BCUT2D eigenvalue weighted by Crippen LogP contribution is 2.05. The number of rotatable bonds is 6. The van der Waals surface area contributed by atoms with Gasteiger partial charge in [0.05, 0.1) is 6.07 Å². The second-order valence-corrected chi connectivity index (χ2v) is 3.65. The van der Waals surface area contributed by atoms with Crippen LogP contribution in [0.3, 0.4) is 0 Å². The number of H-pyrrole nitrogens is 1. The number of carbonyl (C=O) groups is 1. The molecule has 3 N–H and O–H groups in total. The molecule has 0 atom stereocenters. The maximum Gasteiger partial charge on any atom is 0.331 e. The van der Waals surface area contributed by atoms with E-state index < -0.39 is 17.2 Å². The second kappa shape index (κ2) is 5.88. The number of unbranched alkanes of at least 4 members (excludes halogenated alkanes) is 2. The number of nitrogens with one attached hydrogen (secondary N) is 1. The number of hydrogen-bond acceptors (Lipinski definition) is 4. The summed E-state index contributed by atoms with van der Waals surface area (Å²) >= 11 is 0. The first-order valence-corrected chi connectivity index (χ1v) is 5.25. The summed E-state index contributed by atoms with van der Waals surface area (Å²) in [5.74, 6) is -1.23. The molecule has 1 heterocycles. The molecule has 7 nitrogen and oxygen atoms in total. The number of nitrogens with zero attached hydrogens (tertiary/aromatic N) is 1. The van der Waals surface area contributed by atoms with Crippen LogP contribution in [0.25, 0.3) is 0 Å². The first-order chi connectivity index (χ1) is 8.00. The number of hydrogen-bond donors (Lipinski definition) is 3. The van der Waals surface area contributed by atoms with Gasteiger partial charge in [0.2, 0.25) is 5.88 Å². The molecule has 0 radical (unpaired) electrons. The van der Waals surface area contributed by atoms with Crippen LogP contribution in [0.4, 0.5) is 0 Å². The largest absolute Gasteiger partial charge is 0.494 e. The van der Waals surface area contributed by atoms with Gasteiger partial charge in [0.15, 0.2) is 0 Å². The second-order valence-electron chi connectivity index (χ2n) is 3.65. The Morgan fingerprint density at radius 1 is 1.29 bits per heavy atom. The Kier molecular flexibility index (Phi) is 4.50. The third-order valence-corrected chi connectivity index (χ3v) is 2.28. The van der Waals surface area contributed by atoms with E-state index in [2.05, 4.69) is 0 Å². The van der Waals surface area contributed by atoms with E-state index in [1.54, 1.807) is 0 Å². The van der Waals surface area contributed by atoms with Crippen LogP contribution < -0.4 is 11.2 Å². The summed E-state index contributed by atoms with van der Waals surface area (Å²) in [5.41, 5.74) is -1.30. The summed E-state index contributed by atoms with van der Waals surface area (Å²) in [4.78, 5) is 34.4. The Hall–Kier alpha value is -2.05. The molecule has 0 aliphatic rings. The molecular formula is C10H14N2O5. The summed E-state index contributed by atoms with van der Waals surface area (Å²) in [7, 11) is 0. The monoisotopic (exact) mass is 242 g/mol. The van der Waals surface area contributed by atoms with Crippen molar-refractivity contribution in [2.24, 2.45) is 0 Å². The van der Waals surface area contributed by atoms with E-state index in [1.807, 2.05) is 4.98 Å². The van der Waals surface area contributed by atoms with Crippen molar-refractivity contribution in [3.8, 4) is 5.88 Å². The Morgan fingerprint density at radius 2 is 2.00 bits per heavy atom. The highest BCUT2D eigenvalue weighted by molar-refractivity contribution is 5.66. The molecular weight excluding hydrogens is 228 g/mol. The number of aromatic hydroxyl groups is 1. The van der Waals surface area contributed by atoms with Gasteiger partial charge < -0.3 is 10.2 Å². The lowest BCUT2D eigenvalue weighted by atomic mass is 10.2. The number of aromatic amines is 1. The molecule has 94 valence electrons. The van der Waals surface area contributed by atoms with Gasteiger partial charge in [-0.2, -0.15) is 0 Å². The van der Waals surface area contributed by atoms with Gasteiger partial charge >= 0.3 is 11.7 Å². The minimum Gasteiger partial charge on any atom is -0.494 e. The molecule has 0 unspecified atom stereocenters. The zero-order valence-corrected chi connectivity index (χ0v) is 9.18. The topological polar surface area (TPSA) is 112 Å². The number of carboxylic acid groups (broad SMARTS) is 1. The van der Waals surface area contributed by atoms with E-state index in [-0.39, 0.29) is 18.8 Å². The van der Waals surface area contributed by atoms with Crippen LogP contribution in [0.15, 0.2) is 15.7 Å². The standard InChI is InChI=1S/C10H14N2O5/c13-7-6-8(14)12(10(17)11-7)5-3-1-2-4-9(15)16/h6,14H,1-5H2,(H,15,16)(H,11,13,17). The van der Waals surface area contributed by atoms with Crippen LogP contribution in [-0.4, -0.2) is 25.7 Å². The Bertz CT molecular complexity index is 502. The van der Waals surface area contributed by atoms with Gasteiger partial charge in [-0.25, -0.2) is 4.79 Å². The number of aliphatic carboxylic acids is 1. The molecule has 1 aromatic rings. The minimum absolute atomic E-state index is 0.0898.